The third-order valence-electron chi connectivity index (χ3n) is 5.09. The fourth-order valence-electron chi connectivity index (χ4n) is 3.51. The van der Waals surface area contributed by atoms with Crippen molar-refractivity contribution < 1.29 is 19.2 Å². The normalized spacial score (nSPS) is 18.4. The molecule has 2 aliphatic rings. The number of likely N-dealkylation sites (tertiary alicyclic amines) is 1. The summed E-state index contributed by atoms with van der Waals surface area (Å²) in [5, 5.41) is 2.91. The number of hydrogen-bond donors (Lipinski definition) is 1. The first-order chi connectivity index (χ1) is 12.9. The van der Waals surface area contributed by atoms with E-state index >= 15 is 0 Å². The first-order valence-corrected chi connectivity index (χ1v) is 9.58. The maximum atomic E-state index is 12.6. The highest BCUT2D eigenvalue weighted by atomic mass is 35.5. The van der Waals surface area contributed by atoms with Crippen molar-refractivity contribution in [1.82, 2.24) is 15.1 Å². The van der Waals surface area contributed by atoms with Crippen molar-refractivity contribution in [2.45, 2.75) is 38.3 Å². The number of rotatable bonds is 5. The van der Waals surface area contributed by atoms with Gasteiger partial charge in [0.05, 0.1) is 11.1 Å². The van der Waals surface area contributed by atoms with Crippen LogP contribution in [0.15, 0.2) is 24.3 Å². The first-order valence-electron chi connectivity index (χ1n) is 9.05. The molecule has 0 radical (unpaired) electrons. The van der Waals surface area contributed by atoms with Crippen LogP contribution in [-0.4, -0.2) is 64.5 Å². The lowest BCUT2D eigenvalue weighted by Crippen LogP contribution is -2.53. The van der Waals surface area contributed by atoms with E-state index in [1.165, 1.54) is 0 Å². The number of amides is 4. The number of piperidine rings is 1. The van der Waals surface area contributed by atoms with Crippen LogP contribution < -0.4 is 5.32 Å². The number of carbonyl (C=O) groups is 4. The summed E-state index contributed by atoms with van der Waals surface area (Å²) in [7, 11) is 0. The molecule has 0 aromatic heterocycles. The quantitative estimate of drug-likeness (QED) is 0.607. The minimum absolute atomic E-state index is 0.0224. The van der Waals surface area contributed by atoms with E-state index in [1.54, 1.807) is 36.1 Å². The summed E-state index contributed by atoms with van der Waals surface area (Å²) in [6, 6.07) is 5.58. The zero-order valence-corrected chi connectivity index (χ0v) is 15.9. The Morgan fingerprint density at radius 2 is 1.70 bits per heavy atom. The first kappa shape index (κ1) is 19.4. The van der Waals surface area contributed by atoms with Gasteiger partial charge >= 0.3 is 0 Å². The molecule has 1 saturated heterocycles. The van der Waals surface area contributed by atoms with E-state index in [1.807, 2.05) is 0 Å². The second-order valence-corrected chi connectivity index (χ2v) is 7.18. The molecule has 2 aliphatic heterocycles. The molecule has 144 valence electrons. The Morgan fingerprint density at radius 3 is 2.22 bits per heavy atom. The third-order valence-corrected chi connectivity index (χ3v) is 5.28. The smallest absolute Gasteiger partial charge is 0.262 e. The molecule has 7 nitrogen and oxygen atoms in total. The van der Waals surface area contributed by atoms with E-state index in [2.05, 4.69) is 5.32 Å². The van der Waals surface area contributed by atoms with Gasteiger partial charge in [-0.15, -0.1) is 11.6 Å². The Bertz CT molecular complexity index is 739. The monoisotopic (exact) mass is 391 g/mol. The van der Waals surface area contributed by atoms with Crippen molar-refractivity contribution >= 4 is 35.2 Å². The lowest BCUT2D eigenvalue weighted by molar-refractivity contribution is -0.132. The average Bonchev–Trinajstić information content (AvgIpc) is 2.93. The zero-order valence-electron chi connectivity index (χ0n) is 15.1. The number of alkyl halides is 1. The fourth-order valence-corrected chi connectivity index (χ4v) is 3.67. The number of benzene rings is 1. The van der Waals surface area contributed by atoms with Gasteiger partial charge in [-0.25, -0.2) is 0 Å². The van der Waals surface area contributed by atoms with E-state index < -0.39 is 17.9 Å². The van der Waals surface area contributed by atoms with Crippen LogP contribution in [0.2, 0.25) is 0 Å². The standard InChI is InChI=1S/C19H22ClN3O4/c1-12(23-18(26)14-4-2-3-5-15(14)19(23)27)17(25)21-13-7-10-22(11-8-13)16(24)6-9-20/h2-5,12-13H,6-11H2,1H3,(H,21,25). The van der Waals surface area contributed by atoms with Crippen LogP contribution in [0.3, 0.4) is 0 Å². The largest absolute Gasteiger partial charge is 0.351 e. The molecule has 1 atom stereocenters. The zero-order chi connectivity index (χ0) is 19.6. The lowest BCUT2D eigenvalue weighted by Gasteiger charge is -2.33. The molecule has 27 heavy (non-hydrogen) atoms. The van der Waals surface area contributed by atoms with Crippen molar-refractivity contribution in [1.29, 1.82) is 0 Å². The van der Waals surface area contributed by atoms with Crippen molar-refractivity contribution in [3.8, 4) is 0 Å². The molecular weight excluding hydrogens is 370 g/mol. The Morgan fingerprint density at radius 1 is 1.15 bits per heavy atom. The number of nitrogens with zero attached hydrogens (tertiary/aromatic N) is 2. The molecule has 0 saturated carbocycles. The SMILES string of the molecule is CC(C(=O)NC1CCN(C(=O)CCCl)CC1)N1C(=O)c2ccccc2C1=O. The minimum Gasteiger partial charge on any atom is -0.351 e. The number of imide groups is 1. The van der Waals surface area contributed by atoms with Gasteiger partial charge in [0.25, 0.3) is 11.8 Å². The molecule has 1 aromatic rings. The van der Waals surface area contributed by atoms with Gasteiger partial charge in [-0.05, 0) is 31.9 Å². The second-order valence-electron chi connectivity index (χ2n) is 6.80. The van der Waals surface area contributed by atoms with Crippen LogP contribution in [-0.2, 0) is 9.59 Å². The molecule has 4 amide bonds. The number of carbonyl (C=O) groups excluding carboxylic acids is 4. The summed E-state index contributed by atoms with van der Waals surface area (Å²) in [4.78, 5) is 52.2. The molecule has 0 bridgehead atoms. The van der Waals surface area contributed by atoms with Crippen LogP contribution in [0.1, 0.15) is 46.9 Å². The molecule has 2 heterocycles. The Labute approximate surface area is 162 Å². The van der Waals surface area contributed by atoms with Gasteiger partial charge in [-0.2, -0.15) is 0 Å². The van der Waals surface area contributed by atoms with E-state index in [4.69, 9.17) is 11.6 Å². The van der Waals surface area contributed by atoms with Crippen LogP contribution in [0, 0.1) is 0 Å². The highest BCUT2D eigenvalue weighted by Gasteiger charge is 2.41. The molecule has 1 unspecified atom stereocenters. The molecule has 1 fully saturated rings. The maximum Gasteiger partial charge on any atom is 0.262 e. The van der Waals surface area contributed by atoms with Crippen LogP contribution >= 0.6 is 11.6 Å². The Kier molecular flexibility index (Phi) is 5.79. The summed E-state index contributed by atoms with van der Waals surface area (Å²) in [6.07, 6.45) is 1.58. The van der Waals surface area contributed by atoms with Gasteiger partial charge in [0.15, 0.2) is 0 Å². The fraction of sp³-hybridized carbons (Fsp3) is 0.474. The van der Waals surface area contributed by atoms with E-state index in [0.717, 1.165) is 4.90 Å². The van der Waals surface area contributed by atoms with Crippen LogP contribution in [0.25, 0.3) is 0 Å². The number of fused-ring (bicyclic) bond motifs is 1. The number of nitrogens with one attached hydrogen (secondary N) is 1. The molecule has 3 rings (SSSR count). The van der Waals surface area contributed by atoms with Gasteiger partial charge < -0.3 is 10.2 Å². The maximum absolute atomic E-state index is 12.6. The number of hydrogen-bond acceptors (Lipinski definition) is 4. The second kappa shape index (κ2) is 8.08. The van der Waals surface area contributed by atoms with Crippen molar-refractivity contribution in [2.75, 3.05) is 19.0 Å². The molecular formula is C19H22ClN3O4. The van der Waals surface area contributed by atoms with Crippen molar-refractivity contribution in [2.24, 2.45) is 0 Å². The van der Waals surface area contributed by atoms with Gasteiger partial charge in [0, 0.05) is 31.4 Å². The summed E-state index contributed by atoms with van der Waals surface area (Å²) >= 11 is 5.60. The topological polar surface area (TPSA) is 86.8 Å². The van der Waals surface area contributed by atoms with Crippen LogP contribution in [0.4, 0.5) is 0 Å². The lowest BCUT2D eigenvalue weighted by atomic mass is 10.0. The third kappa shape index (κ3) is 3.83. The van der Waals surface area contributed by atoms with Crippen molar-refractivity contribution in [3.05, 3.63) is 35.4 Å². The minimum atomic E-state index is -0.895. The molecule has 8 heteroatoms. The average molecular weight is 392 g/mol. The molecule has 1 N–H and O–H groups in total. The predicted molar refractivity (Wildman–Crippen MR) is 99.5 cm³/mol. The van der Waals surface area contributed by atoms with Crippen LogP contribution in [0.5, 0.6) is 0 Å². The van der Waals surface area contributed by atoms with Crippen molar-refractivity contribution in [3.63, 3.8) is 0 Å². The highest BCUT2D eigenvalue weighted by molar-refractivity contribution is 6.22. The summed E-state index contributed by atoms with van der Waals surface area (Å²) < 4.78 is 0. The molecule has 0 aliphatic carbocycles. The summed E-state index contributed by atoms with van der Waals surface area (Å²) in [5.41, 5.74) is 0.654. The van der Waals surface area contributed by atoms with Gasteiger partial charge in [0.1, 0.15) is 6.04 Å². The van der Waals surface area contributed by atoms with E-state index in [0.29, 0.717) is 49.4 Å². The van der Waals surface area contributed by atoms with E-state index in [-0.39, 0.29) is 17.9 Å². The summed E-state index contributed by atoms with van der Waals surface area (Å²) in [6.45, 7) is 2.67. The Hall–Kier alpha value is -2.41. The van der Waals surface area contributed by atoms with Gasteiger partial charge in [0.2, 0.25) is 11.8 Å². The highest BCUT2D eigenvalue weighted by Crippen LogP contribution is 2.24. The predicted octanol–water partition coefficient (Wildman–Crippen LogP) is 1.41. The number of halogens is 1. The molecule has 1 aromatic carbocycles. The Balaban J connectivity index is 1.57. The molecule has 0 spiro atoms. The van der Waals surface area contributed by atoms with Gasteiger partial charge in [-0.3, -0.25) is 24.1 Å². The van der Waals surface area contributed by atoms with E-state index in [9.17, 15) is 19.2 Å². The summed E-state index contributed by atoms with van der Waals surface area (Å²) in [5.74, 6) is -0.934. The van der Waals surface area contributed by atoms with Gasteiger partial charge in [-0.1, -0.05) is 12.1 Å².